The Labute approximate surface area is 200 Å². The fourth-order valence-corrected chi connectivity index (χ4v) is 4.58. The van der Waals surface area contributed by atoms with Crippen molar-refractivity contribution in [2.24, 2.45) is 7.05 Å². The minimum Gasteiger partial charge on any atom is -0.313 e. The van der Waals surface area contributed by atoms with Gasteiger partial charge in [0.25, 0.3) is 11.8 Å². The van der Waals surface area contributed by atoms with E-state index in [2.05, 4.69) is 15.3 Å². The molecule has 3 aromatic heterocycles. The molecular weight excluding hydrogens is 446 g/mol. The number of hydrogen-bond donors (Lipinski definition) is 1. The van der Waals surface area contributed by atoms with Gasteiger partial charge in [-0.2, -0.15) is 0 Å². The zero-order chi connectivity index (χ0) is 23.7. The van der Waals surface area contributed by atoms with Crippen LogP contribution in [0.15, 0.2) is 85.2 Å². The molecule has 3 heterocycles. The van der Waals surface area contributed by atoms with Gasteiger partial charge < -0.3 is 9.47 Å². The number of aromatic nitrogens is 3. The van der Waals surface area contributed by atoms with E-state index in [1.54, 1.807) is 42.5 Å². The van der Waals surface area contributed by atoms with Gasteiger partial charge in [-0.1, -0.05) is 24.3 Å². The summed E-state index contributed by atoms with van der Waals surface area (Å²) in [5.41, 5.74) is 3.83. The van der Waals surface area contributed by atoms with E-state index in [0.717, 1.165) is 21.6 Å². The molecule has 8 heteroatoms. The summed E-state index contributed by atoms with van der Waals surface area (Å²) in [6, 6.07) is 22.3. The Morgan fingerprint density at radius 2 is 1.82 bits per heavy atom. The third-order valence-corrected chi connectivity index (χ3v) is 6.71. The van der Waals surface area contributed by atoms with E-state index < -0.39 is 0 Å². The highest BCUT2D eigenvalue weighted by molar-refractivity contribution is 7.17. The quantitative estimate of drug-likeness (QED) is 0.384. The number of carbonyl (C=O) groups excluding carboxylic acids is 2. The number of amides is 2. The summed E-state index contributed by atoms with van der Waals surface area (Å²) in [6.45, 7) is 0. The lowest BCUT2D eigenvalue weighted by Gasteiger charge is -2.17. The molecule has 0 aliphatic rings. The highest BCUT2D eigenvalue weighted by Crippen LogP contribution is 2.29. The van der Waals surface area contributed by atoms with Crippen LogP contribution in [0.1, 0.15) is 20.0 Å². The number of anilines is 2. The van der Waals surface area contributed by atoms with Crippen LogP contribution in [0.2, 0.25) is 0 Å². The van der Waals surface area contributed by atoms with Crippen LogP contribution in [0, 0.1) is 0 Å². The lowest BCUT2D eigenvalue weighted by atomic mass is 10.2. The summed E-state index contributed by atoms with van der Waals surface area (Å²) in [4.78, 5) is 37.6. The second-order valence-corrected chi connectivity index (χ2v) is 8.84. The molecule has 0 radical (unpaired) electrons. The second kappa shape index (κ2) is 8.92. The third kappa shape index (κ3) is 4.06. The van der Waals surface area contributed by atoms with Crippen LogP contribution < -0.4 is 10.2 Å². The van der Waals surface area contributed by atoms with Crippen LogP contribution in [0.4, 0.5) is 11.6 Å². The van der Waals surface area contributed by atoms with Gasteiger partial charge in [-0.25, -0.2) is 4.98 Å². The number of nitrogens with one attached hydrogen (secondary N) is 1. The minimum absolute atomic E-state index is 0.105. The maximum absolute atomic E-state index is 12.9. The number of fused-ring (bicyclic) bond motifs is 1. The van der Waals surface area contributed by atoms with E-state index in [9.17, 15) is 9.59 Å². The van der Waals surface area contributed by atoms with Crippen molar-refractivity contribution >= 4 is 45.8 Å². The van der Waals surface area contributed by atoms with E-state index in [1.165, 1.54) is 11.3 Å². The average molecular weight is 468 g/mol. The summed E-state index contributed by atoms with van der Waals surface area (Å²) < 4.78 is 1.83. The molecule has 0 fully saturated rings. The van der Waals surface area contributed by atoms with Crippen LogP contribution in [0.25, 0.3) is 21.5 Å². The fourth-order valence-electron chi connectivity index (χ4n) is 3.69. The lowest BCUT2D eigenvalue weighted by Crippen LogP contribution is -2.26. The Bertz CT molecular complexity index is 1490. The van der Waals surface area contributed by atoms with Gasteiger partial charge in [0.2, 0.25) is 5.95 Å². The van der Waals surface area contributed by atoms with Crippen molar-refractivity contribution in [3.05, 3.63) is 95.6 Å². The molecule has 168 valence electrons. The smallest absolute Gasteiger partial charge is 0.268 e. The number of pyridine rings is 1. The lowest BCUT2D eigenvalue weighted by molar-refractivity contribution is 0.0991. The first-order chi connectivity index (χ1) is 16.5. The molecule has 2 amide bonds. The van der Waals surface area contributed by atoms with Crippen LogP contribution in [0.5, 0.6) is 0 Å². The van der Waals surface area contributed by atoms with Crippen molar-refractivity contribution < 1.29 is 9.59 Å². The first-order valence-corrected chi connectivity index (χ1v) is 11.4. The van der Waals surface area contributed by atoms with Crippen molar-refractivity contribution in [2.45, 2.75) is 0 Å². The summed E-state index contributed by atoms with van der Waals surface area (Å²) in [7, 11) is 3.58. The van der Waals surface area contributed by atoms with Crippen molar-refractivity contribution in [3.8, 4) is 10.4 Å². The Morgan fingerprint density at radius 3 is 2.59 bits per heavy atom. The molecule has 2 aromatic carbocycles. The van der Waals surface area contributed by atoms with Crippen molar-refractivity contribution in [1.29, 1.82) is 0 Å². The second-order valence-electron chi connectivity index (χ2n) is 7.76. The van der Waals surface area contributed by atoms with Crippen molar-refractivity contribution in [2.75, 3.05) is 17.3 Å². The number of carbonyl (C=O) groups is 2. The van der Waals surface area contributed by atoms with Gasteiger partial charge in [0.15, 0.2) is 0 Å². The summed E-state index contributed by atoms with van der Waals surface area (Å²) in [5, 5.41) is 2.91. The Morgan fingerprint density at radius 1 is 1.00 bits per heavy atom. The number of benzene rings is 2. The van der Waals surface area contributed by atoms with Gasteiger partial charge in [0.1, 0.15) is 0 Å². The number of rotatable bonds is 5. The van der Waals surface area contributed by atoms with Gasteiger partial charge in [0.05, 0.1) is 15.9 Å². The SMILES string of the molecule is CN(C(=O)c1ccccc1)c1ccc2c(c1)nc(NC(=O)c1ccc(-c3cccnc3)s1)n2C. The van der Waals surface area contributed by atoms with Crippen LogP contribution in [-0.4, -0.2) is 33.4 Å². The van der Waals surface area contributed by atoms with Gasteiger partial charge in [-0.05, 0) is 48.5 Å². The Balaban J connectivity index is 1.37. The standard InChI is InChI=1S/C26H21N5O2S/c1-30(25(33)17-7-4-3-5-8-17)19-10-11-21-20(15-19)28-26(31(21)2)29-24(32)23-13-12-22(34-23)18-9-6-14-27-16-18/h3-16H,1-2H3,(H,28,29,32). The van der Waals surface area contributed by atoms with E-state index in [-0.39, 0.29) is 11.8 Å². The van der Waals surface area contributed by atoms with Crippen molar-refractivity contribution in [1.82, 2.24) is 14.5 Å². The molecule has 5 rings (SSSR count). The maximum Gasteiger partial charge on any atom is 0.268 e. The number of thiophene rings is 1. The fraction of sp³-hybridized carbons (Fsp3) is 0.0769. The molecule has 0 bridgehead atoms. The molecule has 34 heavy (non-hydrogen) atoms. The largest absolute Gasteiger partial charge is 0.313 e. The summed E-state index contributed by atoms with van der Waals surface area (Å²) >= 11 is 1.40. The molecule has 0 saturated heterocycles. The van der Waals surface area contributed by atoms with Gasteiger partial charge >= 0.3 is 0 Å². The third-order valence-electron chi connectivity index (χ3n) is 5.58. The summed E-state index contributed by atoms with van der Waals surface area (Å²) in [5.74, 6) is 0.104. The van der Waals surface area contributed by atoms with Crippen LogP contribution in [0.3, 0.4) is 0 Å². The number of imidazole rings is 1. The van der Waals surface area contributed by atoms with E-state index >= 15 is 0 Å². The number of nitrogens with zero attached hydrogens (tertiary/aromatic N) is 4. The van der Waals surface area contributed by atoms with Crippen molar-refractivity contribution in [3.63, 3.8) is 0 Å². The zero-order valence-corrected chi connectivity index (χ0v) is 19.4. The topological polar surface area (TPSA) is 80.1 Å². The van der Waals surface area contributed by atoms with Gasteiger partial charge in [-0.15, -0.1) is 11.3 Å². The predicted molar refractivity (Wildman–Crippen MR) is 135 cm³/mol. The Hall–Kier alpha value is -4.30. The van der Waals surface area contributed by atoms with Crippen LogP contribution >= 0.6 is 11.3 Å². The normalized spacial score (nSPS) is 10.9. The predicted octanol–water partition coefficient (Wildman–Crippen LogP) is 5.23. The zero-order valence-electron chi connectivity index (χ0n) is 18.6. The highest BCUT2D eigenvalue weighted by atomic mass is 32.1. The molecule has 0 aliphatic heterocycles. The van der Waals surface area contributed by atoms with E-state index in [4.69, 9.17) is 0 Å². The van der Waals surface area contributed by atoms with E-state index in [1.807, 2.05) is 66.2 Å². The first kappa shape index (κ1) is 21.5. The number of aryl methyl sites for hydroxylation is 1. The molecule has 0 aliphatic carbocycles. The monoisotopic (exact) mass is 467 g/mol. The highest BCUT2D eigenvalue weighted by Gasteiger charge is 2.17. The minimum atomic E-state index is -0.227. The van der Waals surface area contributed by atoms with Gasteiger partial charge in [0, 0.05) is 48.2 Å². The molecule has 0 saturated carbocycles. The molecule has 0 atom stereocenters. The maximum atomic E-state index is 12.9. The van der Waals surface area contributed by atoms with Gasteiger partial charge in [-0.3, -0.25) is 19.9 Å². The number of hydrogen-bond acceptors (Lipinski definition) is 5. The van der Waals surface area contributed by atoms with E-state index in [0.29, 0.717) is 21.9 Å². The molecule has 7 nitrogen and oxygen atoms in total. The molecule has 0 unspecified atom stereocenters. The summed E-state index contributed by atoms with van der Waals surface area (Å²) in [6.07, 6.45) is 3.49. The molecule has 5 aromatic rings. The molecule has 0 spiro atoms. The van der Waals surface area contributed by atoms with Crippen LogP contribution in [-0.2, 0) is 7.05 Å². The first-order valence-electron chi connectivity index (χ1n) is 10.6. The Kier molecular flexibility index (Phi) is 5.65. The molecule has 1 N–H and O–H groups in total. The average Bonchev–Trinajstić information content (AvgIpc) is 3.49. The molecular formula is C26H21N5O2S.